The Morgan fingerprint density at radius 1 is 1.04 bits per heavy atom. The van der Waals surface area contributed by atoms with Crippen molar-refractivity contribution in [2.24, 2.45) is 23.5 Å². The number of nitrogens with zero attached hydrogens (tertiary/aromatic N) is 2. The van der Waals surface area contributed by atoms with E-state index in [1.165, 1.54) is 10.5 Å². The van der Waals surface area contributed by atoms with Crippen molar-refractivity contribution in [2.75, 3.05) is 32.5 Å². The molecule has 11 heteroatoms. The Labute approximate surface area is 268 Å². The second kappa shape index (κ2) is 11.6. The Morgan fingerprint density at radius 3 is 2.30 bits per heavy atom. The van der Waals surface area contributed by atoms with Gasteiger partial charge in [-0.05, 0) is 56.0 Å². The zero-order valence-corrected chi connectivity index (χ0v) is 26.5. The summed E-state index contributed by atoms with van der Waals surface area (Å²) in [6, 6.07) is 12.8. The Hall–Kier alpha value is -4.19. The molecule has 0 bridgehead atoms. The zero-order chi connectivity index (χ0) is 33.2. The quantitative estimate of drug-likeness (QED) is 0.206. The van der Waals surface area contributed by atoms with Crippen LogP contribution in [0.1, 0.15) is 49.3 Å². The predicted molar refractivity (Wildman–Crippen MR) is 172 cm³/mol. The molecule has 0 radical (unpaired) electrons. The third kappa shape index (κ3) is 4.71. The van der Waals surface area contributed by atoms with Crippen LogP contribution < -0.4 is 11.1 Å². The van der Waals surface area contributed by atoms with Crippen molar-refractivity contribution < 1.29 is 34.8 Å². The largest absolute Gasteiger partial charge is 0.508 e. The van der Waals surface area contributed by atoms with Crippen molar-refractivity contribution in [1.29, 1.82) is 0 Å². The number of phenolic OH excluding ortho intramolecular Hbond substituents is 1. The first-order valence-electron chi connectivity index (χ1n) is 15.8. The molecule has 2 fully saturated rings. The van der Waals surface area contributed by atoms with Gasteiger partial charge in [0.1, 0.15) is 22.8 Å². The zero-order valence-electron chi connectivity index (χ0n) is 26.5. The lowest BCUT2D eigenvalue weighted by Crippen LogP contribution is -2.68. The first-order chi connectivity index (χ1) is 21.8. The van der Waals surface area contributed by atoms with E-state index in [1.54, 1.807) is 27.1 Å². The molecule has 3 aliphatic carbocycles. The molecule has 2 aromatic rings. The summed E-state index contributed by atoms with van der Waals surface area (Å²) >= 11 is 0. The highest BCUT2D eigenvalue weighted by Crippen LogP contribution is 2.58. The number of amides is 1. The van der Waals surface area contributed by atoms with Gasteiger partial charge in [-0.1, -0.05) is 50.2 Å². The first kappa shape index (κ1) is 31.8. The van der Waals surface area contributed by atoms with E-state index in [4.69, 9.17) is 5.73 Å². The summed E-state index contributed by atoms with van der Waals surface area (Å²) in [4.78, 5) is 43.9. The van der Waals surface area contributed by atoms with Gasteiger partial charge in [0.15, 0.2) is 11.4 Å². The van der Waals surface area contributed by atoms with Crippen LogP contribution in [0.15, 0.2) is 59.4 Å². The van der Waals surface area contributed by atoms with E-state index in [0.717, 1.165) is 32.5 Å². The number of likely N-dealkylation sites (tertiary alicyclic amines) is 1. The number of hydrogen-bond acceptors (Lipinski definition) is 10. The van der Waals surface area contributed by atoms with Crippen LogP contribution in [0, 0.1) is 17.8 Å². The Morgan fingerprint density at radius 2 is 1.70 bits per heavy atom. The fraction of sp³-hybridized carbons (Fsp3) is 0.457. The van der Waals surface area contributed by atoms with Gasteiger partial charge in [0.05, 0.1) is 17.3 Å². The second-order valence-corrected chi connectivity index (χ2v) is 13.5. The van der Waals surface area contributed by atoms with E-state index in [0.29, 0.717) is 11.3 Å². The molecule has 6 atom stereocenters. The molecule has 1 heterocycles. The van der Waals surface area contributed by atoms with Crippen molar-refractivity contribution in [3.8, 4) is 5.75 Å². The highest BCUT2D eigenvalue weighted by molar-refractivity contribution is 6.24. The number of carbonyl (C=O) groups is 3. The molecule has 0 spiro atoms. The number of piperidine rings is 1. The number of likely N-dealkylation sites (N-methyl/N-ethyl adjacent to an activating group) is 1. The lowest BCUT2D eigenvalue weighted by Gasteiger charge is -2.54. The number of carbonyl (C=O) groups excluding carboxylic acids is 3. The predicted octanol–water partition coefficient (Wildman–Crippen LogP) is 2.85. The number of primary amides is 1. The second-order valence-electron chi connectivity index (χ2n) is 13.5. The molecule has 7 N–H and O–H groups in total. The van der Waals surface area contributed by atoms with Gasteiger partial charge in [0.2, 0.25) is 5.78 Å². The highest BCUT2D eigenvalue weighted by Gasteiger charge is 2.67. The number of rotatable bonds is 6. The van der Waals surface area contributed by atoms with E-state index < -0.39 is 69.9 Å². The first-order valence-corrected chi connectivity index (χ1v) is 15.8. The number of benzene rings is 2. The molecule has 1 aliphatic heterocycles. The maximum Gasteiger partial charge on any atom is 0.255 e. The number of anilines is 1. The minimum absolute atomic E-state index is 0.0781. The fourth-order valence-electron chi connectivity index (χ4n) is 8.52. The van der Waals surface area contributed by atoms with E-state index >= 15 is 0 Å². The minimum atomic E-state index is -2.69. The van der Waals surface area contributed by atoms with Crippen LogP contribution in [0.4, 0.5) is 5.69 Å². The molecule has 46 heavy (non-hydrogen) atoms. The Kier molecular flexibility index (Phi) is 7.98. The Bertz CT molecular complexity index is 1660. The van der Waals surface area contributed by atoms with Gasteiger partial charge in [-0.2, -0.15) is 0 Å². The number of fused-ring (bicyclic) bond motifs is 3. The number of ketones is 2. The van der Waals surface area contributed by atoms with Gasteiger partial charge in [0.25, 0.3) is 5.91 Å². The van der Waals surface area contributed by atoms with Gasteiger partial charge < -0.3 is 31.5 Å². The molecule has 0 aromatic heterocycles. The Balaban J connectivity index is 1.34. The summed E-state index contributed by atoms with van der Waals surface area (Å²) in [7, 11) is 3.17. The van der Waals surface area contributed by atoms with Crippen molar-refractivity contribution in [2.45, 2.75) is 56.8 Å². The summed E-state index contributed by atoms with van der Waals surface area (Å²) in [6.07, 6.45) is 1.69. The molecule has 11 nitrogen and oxygen atoms in total. The summed E-state index contributed by atoms with van der Waals surface area (Å²) in [5.41, 5.74) is 4.15. The third-order valence-electron chi connectivity index (χ3n) is 10.7. The number of aliphatic hydroxyl groups excluding tert-OH is 2. The fourth-order valence-corrected chi connectivity index (χ4v) is 8.52. The van der Waals surface area contributed by atoms with Crippen LogP contribution in [0.3, 0.4) is 0 Å². The number of phenols is 1. The van der Waals surface area contributed by atoms with Gasteiger partial charge >= 0.3 is 0 Å². The van der Waals surface area contributed by atoms with Gasteiger partial charge in [0, 0.05) is 43.1 Å². The normalized spacial score (nSPS) is 30.3. The number of aromatic hydroxyl groups is 1. The summed E-state index contributed by atoms with van der Waals surface area (Å²) in [5.74, 6) is -7.69. The molecule has 1 saturated carbocycles. The van der Waals surface area contributed by atoms with Crippen LogP contribution in [0.5, 0.6) is 5.75 Å². The maximum absolute atomic E-state index is 14.3. The molecule has 244 valence electrons. The van der Waals surface area contributed by atoms with E-state index in [1.807, 2.05) is 31.2 Å². The number of nitrogens with one attached hydrogen (secondary N) is 1. The summed E-state index contributed by atoms with van der Waals surface area (Å²) in [5, 5.41) is 49.9. The minimum Gasteiger partial charge on any atom is -0.508 e. The van der Waals surface area contributed by atoms with Crippen LogP contribution in [-0.2, 0) is 20.9 Å². The molecule has 0 unspecified atom stereocenters. The topological polar surface area (TPSA) is 177 Å². The summed E-state index contributed by atoms with van der Waals surface area (Å²) < 4.78 is 0. The van der Waals surface area contributed by atoms with Crippen molar-refractivity contribution in [3.05, 3.63) is 76.1 Å². The lowest BCUT2D eigenvalue weighted by atomic mass is 9.51. The standard InChI is InChI=1S/C35H42N4O7/c1-17-21-10-11-22(37-20-12-14-39(15-13-20)16-19-8-6-5-7-9-19)29(40)24(21)30(41)25-23(17)18(2)27-28(38(3)4)31(42)26(34(36)45)33(44)35(27,46)32(25)43/h5-11,17-18,20,23,27-28,37,40-41,44,46H,12-16H2,1-4H3,(H2,36,45)/t17-,18-,23-,27-,28-,35-/m0/s1. The van der Waals surface area contributed by atoms with Crippen molar-refractivity contribution in [1.82, 2.24) is 9.80 Å². The average Bonchev–Trinajstić information content (AvgIpc) is 3.01. The number of nitrogens with two attached hydrogens (primary N) is 1. The molecule has 1 amide bonds. The van der Waals surface area contributed by atoms with Crippen LogP contribution >= 0.6 is 0 Å². The van der Waals surface area contributed by atoms with Gasteiger partial charge in [-0.3, -0.25) is 24.2 Å². The number of hydrogen-bond donors (Lipinski definition) is 6. The number of aliphatic hydroxyl groups is 3. The van der Waals surface area contributed by atoms with Crippen LogP contribution in [0.25, 0.3) is 5.76 Å². The third-order valence-corrected chi connectivity index (χ3v) is 10.7. The maximum atomic E-state index is 14.3. The van der Waals surface area contributed by atoms with Crippen LogP contribution in [-0.4, -0.2) is 92.6 Å². The number of Topliss-reactive ketones (excluding diaryl/α,β-unsaturated/α-hetero) is 2. The molecular formula is C35H42N4O7. The molecule has 1 saturated heterocycles. The van der Waals surface area contributed by atoms with Crippen molar-refractivity contribution in [3.63, 3.8) is 0 Å². The lowest BCUT2D eigenvalue weighted by molar-refractivity contribution is -0.160. The molecule has 4 aliphatic rings. The monoisotopic (exact) mass is 630 g/mol. The van der Waals surface area contributed by atoms with E-state index in [9.17, 15) is 34.8 Å². The smallest absolute Gasteiger partial charge is 0.255 e. The van der Waals surface area contributed by atoms with Gasteiger partial charge in [-0.15, -0.1) is 0 Å². The molecular weight excluding hydrogens is 588 g/mol. The van der Waals surface area contributed by atoms with Gasteiger partial charge in [-0.25, -0.2) is 0 Å². The van der Waals surface area contributed by atoms with E-state index in [2.05, 4.69) is 22.3 Å². The molecule has 6 rings (SSSR count). The molecule has 2 aromatic carbocycles. The van der Waals surface area contributed by atoms with E-state index in [-0.39, 0.29) is 22.9 Å². The van der Waals surface area contributed by atoms with Crippen molar-refractivity contribution >= 4 is 28.9 Å². The summed E-state index contributed by atoms with van der Waals surface area (Å²) in [6.45, 7) is 6.25. The van der Waals surface area contributed by atoms with Crippen LogP contribution in [0.2, 0.25) is 0 Å². The average molecular weight is 631 g/mol. The highest BCUT2D eigenvalue weighted by atomic mass is 16.3. The SMILES string of the molecule is C[C@H]1[C@H]2C(=C(O)c3c(ccc(NC4CCN(Cc5ccccc5)CC4)c3O)[C@@H]2C)C(=O)[C@]2(O)C(O)=C(C(N)=O)C(=O)[C@@H](N(C)C)[C@H]12.